The minimum Gasteiger partial charge on any atom is -0.489 e. The van der Waals surface area contributed by atoms with Crippen LogP contribution in [0.5, 0.6) is 5.75 Å². The van der Waals surface area contributed by atoms with E-state index in [1.54, 1.807) is 0 Å². The van der Waals surface area contributed by atoms with Crippen molar-refractivity contribution in [3.05, 3.63) is 24.0 Å². The monoisotopic (exact) mass is 310 g/mol. The average molecular weight is 311 g/mol. The fourth-order valence-corrected chi connectivity index (χ4v) is 2.51. The van der Waals surface area contributed by atoms with Gasteiger partial charge in [-0.2, -0.15) is 0 Å². The van der Waals surface area contributed by atoms with Crippen molar-refractivity contribution in [3.63, 3.8) is 0 Å². The number of alkyl halides is 1. The van der Waals surface area contributed by atoms with Crippen LogP contribution in [-0.2, 0) is 17.7 Å². The van der Waals surface area contributed by atoms with Gasteiger partial charge in [0, 0.05) is 25.5 Å². The van der Waals surface area contributed by atoms with Gasteiger partial charge in [0.25, 0.3) is 0 Å². The van der Waals surface area contributed by atoms with E-state index in [1.165, 1.54) is 0 Å². The van der Waals surface area contributed by atoms with Crippen molar-refractivity contribution in [2.45, 2.75) is 39.8 Å². The van der Waals surface area contributed by atoms with Gasteiger partial charge in [0.15, 0.2) is 0 Å². The van der Waals surface area contributed by atoms with Crippen molar-refractivity contribution >= 4 is 22.6 Å². The van der Waals surface area contributed by atoms with Crippen LogP contribution in [-0.4, -0.2) is 34.7 Å². The molecule has 1 aromatic heterocycles. The van der Waals surface area contributed by atoms with E-state index in [0.717, 1.165) is 42.2 Å². The fourth-order valence-electron chi connectivity index (χ4n) is 2.34. The summed E-state index contributed by atoms with van der Waals surface area (Å²) in [6.45, 7) is 8.21. The predicted molar refractivity (Wildman–Crippen MR) is 86.4 cm³/mol. The number of aryl methyl sites for hydroxylation is 1. The molecule has 21 heavy (non-hydrogen) atoms. The summed E-state index contributed by atoms with van der Waals surface area (Å²) >= 11 is 5.91. The summed E-state index contributed by atoms with van der Waals surface area (Å²) in [4.78, 5) is 4.73. The maximum absolute atomic E-state index is 5.91. The topological polar surface area (TPSA) is 36.3 Å². The van der Waals surface area contributed by atoms with Gasteiger partial charge in [0.05, 0.1) is 18.2 Å². The first-order chi connectivity index (χ1) is 10.2. The van der Waals surface area contributed by atoms with Crippen molar-refractivity contribution in [2.24, 2.45) is 0 Å². The Bertz CT molecular complexity index is 581. The standard InChI is InChI=1S/C16H23ClN2O2/c1-4-20-11-10-19-13-6-5-7-14(21-12(2)3)16(13)18-15(19)8-9-17/h5-7,12H,4,8-11H2,1-3H3. The third kappa shape index (κ3) is 3.89. The smallest absolute Gasteiger partial charge is 0.147 e. The molecule has 1 aromatic carbocycles. The molecule has 2 aromatic rings. The van der Waals surface area contributed by atoms with Gasteiger partial charge in [-0.05, 0) is 32.9 Å². The van der Waals surface area contributed by atoms with Crippen LogP contribution in [0.1, 0.15) is 26.6 Å². The first-order valence-electron chi connectivity index (χ1n) is 7.45. The third-order valence-electron chi connectivity index (χ3n) is 3.17. The lowest BCUT2D eigenvalue weighted by Crippen LogP contribution is -2.10. The Balaban J connectivity index is 2.40. The van der Waals surface area contributed by atoms with Crippen molar-refractivity contribution in [2.75, 3.05) is 19.1 Å². The molecule has 0 unspecified atom stereocenters. The Kier molecular flexibility index (Phi) is 5.88. The molecule has 2 rings (SSSR count). The third-order valence-corrected chi connectivity index (χ3v) is 3.35. The number of aromatic nitrogens is 2. The van der Waals surface area contributed by atoms with Crippen LogP contribution in [0.2, 0.25) is 0 Å². The number of rotatable bonds is 8. The molecular formula is C16H23ClN2O2. The number of hydrogen-bond donors (Lipinski definition) is 0. The number of nitrogens with zero attached hydrogens (tertiary/aromatic N) is 2. The van der Waals surface area contributed by atoms with E-state index in [9.17, 15) is 0 Å². The second kappa shape index (κ2) is 7.66. The van der Waals surface area contributed by atoms with Gasteiger partial charge in [0.2, 0.25) is 0 Å². The first-order valence-corrected chi connectivity index (χ1v) is 7.99. The molecule has 0 radical (unpaired) electrons. The van der Waals surface area contributed by atoms with Crippen LogP contribution in [0.3, 0.4) is 0 Å². The molecule has 0 N–H and O–H groups in total. The summed E-state index contributed by atoms with van der Waals surface area (Å²) in [6, 6.07) is 6.04. The normalized spacial score (nSPS) is 11.5. The highest BCUT2D eigenvalue weighted by atomic mass is 35.5. The molecule has 116 valence electrons. The molecule has 0 aliphatic rings. The van der Waals surface area contributed by atoms with E-state index in [-0.39, 0.29) is 6.10 Å². The zero-order chi connectivity index (χ0) is 15.2. The van der Waals surface area contributed by atoms with E-state index in [0.29, 0.717) is 12.5 Å². The first kappa shape index (κ1) is 16.1. The van der Waals surface area contributed by atoms with E-state index >= 15 is 0 Å². The number of ether oxygens (including phenoxy) is 2. The van der Waals surface area contributed by atoms with Gasteiger partial charge >= 0.3 is 0 Å². The second-order valence-electron chi connectivity index (χ2n) is 5.11. The summed E-state index contributed by atoms with van der Waals surface area (Å²) in [7, 11) is 0. The van der Waals surface area contributed by atoms with Crippen LogP contribution in [0.15, 0.2) is 18.2 Å². The van der Waals surface area contributed by atoms with Crippen LogP contribution < -0.4 is 4.74 Å². The predicted octanol–water partition coefficient (Wildman–Crippen LogP) is 3.64. The van der Waals surface area contributed by atoms with E-state index in [1.807, 2.05) is 32.9 Å². The zero-order valence-corrected chi connectivity index (χ0v) is 13.7. The molecule has 0 atom stereocenters. The number of fused-ring (bicyclic) bond motifs is 1. The van der Waals surface area contributed by atoms with Crippen molar-refractivity contribution < 1.29 is 9.47 Å². The summed E-state index contributed by atoms with van der Waals surface area (Å²) in [5.41, 5.74) is 1.98. The largest absolute Gasteiger partial charge is 0.489 e. The molecular weight excluding hydrogens is 288 g/mol. The minimum absolute atomic E-state index is 0.126. The summed E-state index contributed by atoms with van der Waals surface area (Å²) in [6.07, 6.45) is 0.865. The highest BCUT2D eigenvalue weighted by molar-refractivity contribution is 6.17. The number of benzene rings is 1. The van der Waals surface area contributed by atoms with Crippen molar-refractivity contribution in [1.29, 1.82) is 0 Å². The molecule has 0 fully saturated rings. The van der Waals surface area contributed by atoms with Gasteiger partial charge in [0.1, 0.15) is 17.1 Å². The van der Waals surface area contributed by atoms with Crippen molar-refractivity contribution in [1.82, 2.24) is 9.55 Å². The number of halogens is 1. The maximum Gasteiger partial charge on any atom is 0.147 e. The van der Waals surface area contributed by atoms with E-state index < -0.39 is 0 Å². The summed E-state index contributed by atoms with van der Waals surface area (Å²) in [5.74, 6) is 2.37. The number of imidazole rings is 1. The second-order valence-corrected chi connectivity index (χ2v) is 5.48. The molecule has 0 bridgehead atoms. The molecule has 0 amide bonds. The lowest BCUT2D eigenvalue weighted by atomic mass is 10.3. The van der Waals surface area contributed by atoms with Gasteiger partial charge < -0.3 is 14.0 Å². The van der Waals surface area contributed by atoms with Crippen LogP contribution in [0, 0.1) is 0 Å². The Morgan fingerprint density at radius 3 is 2.81 bits per heavy atom. The minimum atomic E-state index is 0.126. The number of hydrogen-bond acceptors (Lipinski definition) is 3. The number of para-hydroxylation sites is 1. The van der Waals surface area contributed by atoms with Gasteiger partial charge in [-0.3, -0.25) is 0 Å². The Labute approximate surface area is 131 Å². The Morgan fingerprint density at radius 2 is 2.14 bits per heavy atom. The van der Waals surface area contributed by atoms with E-state index in [2.05, 4.69) is 10.6 Å². The average Bonchev–Trinajstić information content (AvgIpc) is 2.78. The Morgan fingerprint density at radius 1 is 1.33 bits per heavy atom. The van der Waals surface area contributed by atoms with Crippen LogP contribution in [0.25, 0.3) is 11.0 Å². The molecule has 0 spiro atoms. The lowest BCUT2D eigenvalue weighted by Gasteiger charge is -2.11. The summed E-state index contributed by atoms with van der Waals surface area (Å²) in [5, 5.41) is 0. The Hall–Kier alpha value is -1.26. The lowest BCUT2D eigenvalue weighted by molar-refractivity contribution is 0.139. The molecule has 1 heterocycles. The van der Waals surface area contributed by atoms with Crippen molar-refractivity contribution in [3.8, 4) is 5.75 Å². The van der Waals surface area contributed by atoms with E-state index in [4.69, 9.17) is 26.1 Å². The summed E-state index contributed by atoms with van der Waals surface area (Å²) < 4.78 is 13.5. The van der Waals surface area contributed by atoms with Gasteiger partial charge in [-0.1, -0.05) is 6.07 Å². The molecule has 0 saturated heterocycles. The highest BCUT2D eigenvalue weighted by Crippen LogP contribution is 2.27. The molecule has 0 aliphatic carbocycles. The molecule has 5 heteroatoms. The van der Waals surface area contributed by atoms with Crippen LogP contribution >= 0.6 is 11.6 Å². The highest BCUT2D eigenvalue weighted by Gasteiger charge is 2.14. The molecule has 0 saturated carbocycles. The quantitative estimate of drug-likeness (QED) is 0.551. The van der Waals surface area contributed by atoms with Gasteiger partial charge in [-0.15, -0.1) is 11.6 Å². The zero-order valence-electron chi connectivity index (χ0n) is 12.9. The fraction of sp³-hybridized carbons (Fsp3) is 0.562. The van der Waals surface area contributed by atoms with Gasteiger partial charge in [-0.25, -0.2) is 4.98 Å². The SMILES string of the molecule is CCOCCn1c(CCCl)nc2c(OC(C)C)cccc21. The van der Waals surface area contributed by atoms with Crippen LogP contribution in [0.4, 0.5) is 0 Å². The molecule has 0 aliphatic heterocycles. The molecule has 4 nitrogen and oxygen atoms in total. The maximum atomic E-state index is 5.91.